The minimum absolute atomic E-state index is 0.394. The van der Waals surface area contributed by atoms with E-state index >= 15 is 0 Å². The first kappa shape index (κ1) is 48.2. The standard InChI is InChI=1S/C80H47N7O/c81-48-62-77(85-67-34-14-3-23-54(67)55-24-4-15-35-68(55)85)76(80-82-63-30-10-20-40-74(63)88-80)75(79(87-71-38-18-7-27-58(71)59-28-8-19-39-72(59)87)78(62)86-69-36-16-5-25-56(69)57-26-6-17-37-70(57)86)49-41-43-50(44-42-49)83-66-33-13-9-29-60(66)61-47-51(45-46-73(61)83)84-64-31-11-1-21-52(64)53-22-2-12-32-65(53)84/h1-47H. The van der Waals surface area contributed by atoms with Gasteiger partial charge in [-0.05, 0) is 103 Å². The Morgan fingerprint density at radius 2 is 0.614 bits per heavy atom. The van der Waals surface area contributed by atoms with E-state index in [1.165, 1.54) is 21.8 Å². The van der Waals surface area contributed by atoms with Gasteiger partial charge in [0, 0.05) is 70.8 Å². The summed E-state index contributed by atoms with van der Waals surface area (Å²) in [6.45, 7) is 0. The third kappa shape index (κ3) is 6.64. The maximum atomic E-state index is 12.7. The molecule has 0 aliphatic rings. The van der Waals surface area contributed by atoms with E-state index in [1.807, 2.05) is 24.3 Å². The second-order valence-electron chi connectivity index (χ2n) is 22.8. The van der Waals surface area contributed by atoms with Gasteiger partial charge in [-0.3, -0.25) is 0 Å². The number of benzene rings is 13. The second-order valence-corrected chi connectivity index (χ2v) is 22.8. The van der Waals surface area contributed by atoms with Gasteiger partial charge in [0.1, 0.15) is 17.1 Å². The van der Waals surface area contributed by atoms with Crippen molar-refractivity contribution in [2.75, 3.05) is 0 Å². The van der Waals surface area contributed by atoms with Crippen molar-refractivity contribution in [3.63, 3.8) is 0 Å². The fourth-order valence-electron chi connectivity index (χ4n) is 14.8. The summed E-state index contributed by atoms with van der Waals surface area (Å²) in [6.07, 6.45) is 0. The summed E-state index contributed by atoms with van der Waals surface area (Å²) in [6, 6.07) is 105. The van der Waals surface area contributed by atoms with Gasteiger partial charge in [-0.25, -0.2) is 4.98 Å². The highest BCUT2D eigenvalue weighted by Gasteiger charge is 2.35. The molecule has 6 heterocycles. The summed E-state index contributed by atoms with van der Waals surface area (Å²) in [7, 11) is 0. The number of oxazole rings is 1. The molecule has 0 N–H and O–H groups in total. The summed E-state index contributed by atoms with van der Waals surface area (Å²) >= 11 is 0. The average Bonchev–Trinajstić information content (AvgIpc) is 1.41. The Balaban J connectivity index is 0.980. The molecule has 8 nitrogen and oxygen atoms in total. The fraction of sp³-hybridized carbons (Fsp3) is 0. The smallest absolute Gasteiger partial charge is 0.230 e. The van der Waals surface area contributed by atoms with Gasteiger partial charge in [-0.15, -0.1) is 0 Å². The Bertz CT molecular complexity index is 5960. The lowest BCUT2D eigenvalue weighted by atomic mass is 9.90. The van der Waals surface area contributed by atoms with E-state index < -0.39 is 0 Å². The van der Waals surface area contributed by atoms with Crippen LogP contribution in [0.3, 0.4) is 0 Å². The number of hydrogen-bond donors (Lipinski definition) is 0. The predicted octanol–water partition coefficient (Wildman–Crippen LogP) is 20.5. The van der Waals surface area contributed by atoms with Crippen molar-refractivity contribution in [1.82, 2.24) is 27.8 Å². The molecule has 0 saturated carbocycles. The molecule has 0 atom stereocenters. The highest BCUT2D eigenvalue weighted by molar-refractivity contribution is 6.17. The van der Waals surface area contributed by atoms with Gasteiger partial charge in [-0.2, -0.15) is 5.26 Å². The molecule has 408 valence electrons. The monoisotopic (exact) mass is 1120 g/mol. The van der Waals surface area contributed by atoms with E-state index in [1.54, 1.807) is 0 Å². The molecule has 0 spiro atoms. The third-order valence-electron chi connectivity index (χ3n) is 18.4. The molecule has 0 radical (unpaired) electrons. The minimum atomic E-state index is 0.394. The first-order valence-electron chi connectivity index (χ1n) is 29.8. The van der Waals surface area contributed by atoms with E-state index in [0.29, 0.717) is 33.8 Å². The molecule has 13 aromatic carbocycles. The van der Waals surface area contributed by atoms with Crippen LogP contribution in [0.2, 0.25) is 0 Å². The molecule has 0 fully saturated rings. The lowest BCUT2D eigenvalue weighted by molar-refractivity contribution is 0.619. The second kappa shape index (κ2) is 18.4. The van der Waals surface area contributed by atoms with Crippen molar-refractivity contribution in [2.45, 2.75) is 0 Å². The lowest BCUT2D eigenvalue weighted by Gasteiger charge is -2.27. The average molecular weight is 1120 g/mol. The fourth-order valence-corrected chi connectivity index (χ4v) is 14.8. The van der Waals surface area contributed by atoms with Crippen LogP contribution in [0.1, 0.15) is 5.56 Å². The van der Waals surface area contributed by atoms with Crippen molar-refractivity contribution in [2.24, 2.45) is 0 Å². The molecule has 0 saturated heterocycles. The van der Waals surface area contributed by atoms with Gasteiger partial charge in [0.25, 0.3) is 0 Å². The zero-order valence-electron chi connectivity index (χ0n) is 47.2. The van der Waals surface area contributed by atoms with E-state index in [0.717, 1.165) is 121 Å². The molecule has 19 aromatic rings. The molecule has 6 aromatic heterocycles. The zero-order valence-corrected chi connectivity index (χ0v) is 47.2. The van der Waals surface area contributed by atoms with Crippen LogP contribution in [0, 0.1) is 11.3 Å². The van der Waals surface area contributed by atoms with Crippen LogP contribution >= 0.6 is 0 Å². The third-order valence-corrected chi connectivity index (χ3v) is 18.4. The summed E-state index contributed by atoms with van der Waals surface area (Å²) in [5, 5.41) is 24.0. The summed E-state index contributed by atoms with van der Waals surface area (Å²) in [4.78, 5) is 5.49. The van der Waals surface area contributed by atoms with Crippen molar-refractivity contribution in [3.05, 3.63) is 291 Å². The molecule has 0 amide bonds. The van der Waals surface area contributed by atoms with Crippen LogP contribution in [-0.2, 0) is 0 Å². The van der Waals surface area contributed by atoms with Crippen molar-refractivity contribution >= 4 is 120 Å². The topological polar surface area (TPSA) is 74.5 Å². The zero-order chi connectivity index (χ0) is 57.7. The van der Waals surface area contributed by atoms with Crippen LogP contribution in [0.25, 0.3) is 171 Å². The Kier molecular flexibility index (Phi) is 10.1. The van der Waals surface area contributed by atoms with E-state index in [2.05, 4.69) is 290 Å². The van der Waals surface area contributed by atoms with E-state index in [9.17, 15) is 5.26 Å². The largest absolute Gasteiger partial charge is 0.436 e. The van der Waals surface area contributed by atoms with E-state index in [-0.39, 0.29) is 0 Å². The molecule has 0 unspecified atom stereocenters. The Morgan fingerprint density at radius 1 is 0.284 bits per heavy atom. The van der Waals surface area contributed by atoms with Gasteiger partial charge >= 0.3 is 0 Å². The predicted molar refractivity (Wildman–Crippen MR) is 361 cm³/mol. The number of para-hydroxylation sites is 11. The van der Waals surface area contributed by atoms with Crippen LogP contribution in [0.4, 0.5) is 0 Å². The van der Waals surface area contributed by atoms with Crippen molar-refractivity contribution in [1.29, 1.82) is 5.26 Å². The Morgan fingerprint density at radius 3 is 1.03 bits per heavy atom. The van der Waals surface area contributed by atoms with Crippen LogP contribution < -0.4 is 0 Å². The van der Waals surface area contributed by atoms with Gasteiger partial charge in [0.15, 0.2) is 5.58 Å². The normalized spacial score (nSPS) is 12.1. The molecular formula is C80H47N7O. The van der Waals surface area contributed by atoms with Crippen LogP contribution in [0.15, 0.2) is 290 Å². The molecule has 88 heavy (non-hydrogen) atoms. The number of nitriles is 1. The van der Waals surface area contributed by atoms with Gasteiger partial charge in [-0.1, -0.05) is 188 Å². The van der Waals surface area contributed by atoms with Gasteiger partial charge < -0.3 is 27.3 Å². The van der Waals surface area contributed by atoms with Gasteiger partial charge in [0.05, 0.1) is 77.8 Å². The SMILES string of the molecule is N#Cc1c(-n2c3ccccc3c3ccccc32)c(-c2nc3ccccc3o2)c(-c2ccc(-n3c4ccccc4c4cc(-n5c6ccccc6c6ccccc65)ccc43)cc2)c(-n2c3ccccc3c3ccccc32)c1-n1c2ccccc2c2ccccc21. The highest BCUT2D eigenvalue weighted by Crippen LogP contribution is 2.52. The van der Waals surface area contributed by atoms with Crippen LogP contribution in [0.5, 0.6) is 0 Å². The maximum Gasteiger partial charge on any atom is 0.230 e. The molecule has 0 aliphatic carbocycles. The number of fused-ring (bicyclic) bond motifs is 16. The minimum Gasteiger partial charge on any atom is -0.436 e. The molecular weight excluding hydrogens is 1070 g/mol. The van der Waals surface area contributed by atoms with Crippen LogP contribution in [-0.4, -0.2) is 27.8 Å². The first-order valence-corrected chi connectivity index (χ1v) is 29.8. The van der Waals surface area contributed by atoms with Crippen molar-refractivity contribution in [3.8, 4) is 57.1 Å². The number of nitrogens with zero attached hydrogens (tertiary/aromatic N) is 7. The quantitative estimate of drug-likeness (QED) is 0.160. The lowest BCUT2D eigenvalue weighted by Crippen LogP contribution is -2.14. The molecule has 0 bridgehead atoms. The summed E-state index contributed by atoms with van der Waals surface area (Å²) in [5.74, 6) is 0.394. The number of hydrogen-bond acceptors (Lipinski definition) is 3. The molecule has 8 heteroatoms. The Hall–Kier alpha value is -12.2. The van der Waals surface area contributed by atoms with Gasteiger partial charge in [0.2, 0.25) is 5.89 Å². The molecule has 0 aliphatic heterocycles. The van der Waals surface area contributed by atoms with Crippen molar-refractivity contribution < 1.29 is 4.42 Å². The summed E-state index contributed by atoms with van der Waals surface area (Å²) in [5.41, 5.74) is 18.9. The first-order chi connectivity index (χ1) is 43.7. The Labute approximate surface area is 502 Å². The highest BCUT2D eigenvalue weighted by atomic mass is 16.3. The maximum absolute atomic E-state index is 12.7. The number of rotatable bonds is 7. The van der Waals surface area contributed by atoms with E-state index in [4.69, 9.17) is 9.40 Å². The number of aromatic nitrogens is 6. The summed E-state index contributed by atoms with van der Waals surface area (Å²) < 4.78 is 19.0. The molecule has 19 rings (SSSR count).